The lowest BCUT2D eigenvalue weighted by atomic mass is 10.6. The van der Waals surface area contributed by atoms with Crippen molar-refractivity contribution in [1.82, 2.24) is 0 Å². The molecule has 0 aromatic rings. The second-order valence-electron chi connectivity index (χ2n) is 2.03. The number of aliphatic hydroxyl groups excluding tert-OH is 1. The molecule has 0 aromatic carbocycles. The van der Waals surface area contributed by atoms with Gasteiger partial charge in [-0.3, -0.25) is 0 Å². The molecule has 0 bridgehead atoms. The van der Waals surface area contributed by atoms with Crippen molar-refractivity contribution < 1.29 is 19.3 Å². The zero-order chi connectivity index (χ0) is 11.8. The third kappa shape index (κ3) is 11.3. The maximum absolute atomic E-state index is 7.56. The Bertz CT molecular complexity index is 192. The number of aliphatic hydroxyl groups is 1. The number of thiocarbonyl (C=S) groups is 2. The lowest BCUT2D eigenvalue weighted by Crippen LogP contribution is -2.37. The van der Waals surface area contributed by atoms with Crippen LogP contribution in [0.1, 0.15) is 6.92 Å². The van der Waals surface area contributed by atoms with E-state index in [0.717, 1.165) is 0 Å². The highest BCUT2D eigenvalue weighted by Crippen LogP contribution is 2.10. The maximum Gasteiger partial charge on any atom is 0.325 e. The van der Waals surface area contributed by atoms with Gasteiger partial charge in [0.05, 0.1) is 0 Å². The van der Waals surface area contributed by atoms with Crippen LogP contribution in [0.15, 0.2) is 0 Å². The van der Waals surface area contributed by atoms with Crippen molar-refractivity contribution in [3.8, 4) is 0 Å². The highest BCUT2D eigenvalue weighted by Gasteiger charge is 2.25. The number of ether oxygens (including phenoxy) is 3. The smallest absolute Gasteiger partial charge is 0.325 e. The maximum atomic E-state index is 7.56. The number of nitrogens with two attached hydrogens (primary N) is 2. The fraction of sp³-hybridized carbons (Fsp3) is 0.667. The lowest BCUT2D eigenvalue weighted by molar-refractivity contribution is -0.316. The predicted molar refractivity (Wildman–Crippen MR) is 59.7 cm³/mol. The molecule has 0 heterocycles. The van der Waals surface area contributed by atoms with Gasteiger partial charge in [-0.25, -0.2) is 0 Å². The van der Waals surface area contributed by atoms with Crippen LogP contribution in [0.25, 0.3) is 0 Å². The molecule has 8 heteroatoms. The Balaban J connectivity index is 0. The third-order valence-corrected chi connectivity index (χ3v) is 1.11. The van der Waals surface area contributed by atoms with Crippen molar-refractivity contribution in [2.24, 2.45) is 11.5 Å². The molecule has 0 radical (unpaired) electrons. The second-order valence-corrected chi connectivity index (χ2v) is 2.85. The van der Waals surface area contributed by atoms with E-state index in [2.05, 4.69) is 30.2 Å². The normalized spacial score (nSPS) is 9.64. The van der Waals surface area contributed by atoms with Crippen LogP contribution >= 0.6 is 24.4 Å². The number of methoxy groups -OCH3 is 2. The topological polar surface area (TPSA) is 100.0 Å². The molecule has 14 heavy (non-hydrogen) atoms. The van der Waals surface area contributed by atoms with Gasteiger partial charge >= 0.3 is 5.97 Å². The van der Waals surface area contributed by atoms with Crippen LogP contribution in [0.5, 0.6) is 0 Å². The first-order valence-corrected chi connectivity index (χ1v) is 4.16. The van der Waals surface area contributed by atoms with Gasteiger partial charge in [-0.1, -0.05) is 0 Å². The summed E-state index contributed by atoms with van der Waals surface area (Å²) in [5.74, 6) is -1.16. The molecule has 0 aromatic heterocycles. The molecule has 0 aliphatic heterocycles. The van der Waals surface area contributed by atoms with Gasteiger partial charge in [-0.05, 0) is 24.4 Å². The summed E-state index contributed by atoms with van der Waals surface area (Å²) in [6.07, 6.45) is 0. The summed E-state index contributed by atoms with van der Waals surface area (Å²) in [5.41, 5.74) is 9.48. The standard InChI is InChI=1S/C5H11NO3S.CH3NOS/c1-5(7-2,8-3)9-4(6)10;2-1(3)4/h1-3H3,(H2,6,10);(H3,2,3,4). The average molecular weight is 242 g/mol. The van der Waals surface area contributed by atoms with Crippen LogP contribution < -0.4 is 11.5 Å². The average Bonchev–Trinajstić information content (AvgIpc) is 2.02. The Labute approximate surface area is 93.1 Å². The first kappa shape index (κ1) is 15.8. The van der Waals surface area contributed by atoms with E-state index < -0.39 is 11.1 Å². The Hall–Kier alpha value is -0.700. The Morgan fingerprint density at radius 1 is 1.21 bits per heavy atom. The largest absolute Gasteiger partial charge is 0.487 e. The molecule has 6 nitrogen and oxygen atoms in total. The summed E-state index contributed by atoms with van der Waals surface area (Å²) < 4.78 is 14.4. The minimum absolute atomic E-state index is 0.105. The summed E-state index contributed by atoms with van der Waals surface area (Å²) in [6, 6.07) is 0. The highest BCUT2D eigenvalue weighted by molar-refractivity contribution is 7.80. The molecule has 0 fully saturated rings. The molecule has 0 unspecified atom stereocenters. The molecular weight excluding hydrogens is 228 g/mol. The van der Waals surface area contributed by atoms with Crippen LogP contribution in [0.4, 0.5) is 0 Å². The second kappa shape index (κ2) is 7.68. The first-order valence-electron chi connectivity index (χ1n) is 3.34. The number of hydrogen-bond acceptors (Lipinski definition) is 5. The fourth-order valence-corrected chi connectivity index (χ4v) is 0.501. The van der Waals surface area contributed by atoms with Crippen LogP contribution in [-0.2, 0) is 14.2 Å². The molecule has 84 valence electrons. The molecule has 5 N–H and O–H groups in total. The van der Waals surface area contributed by atoms with E-state index in [9.17, 15) is 0 Å². The van der Waals surface area contributed by atoms with E-state index in [1.165, 1.54) is 14.2 Å². The minimum Gasteiger partial charge on any atom is -0.487 e. The van der Waals surface area contributed by atoms with Crippen LogP contribution in [0.2, 0.25) is 0 Å². The quantitative estimate of drug-likeness (QED) is 0.470. The lowest BCUT2D eigenvalue weighted by Gasteiger charge is -2.25. The van der Waals surface area contributed by atoms with Gasteiger partial charge in [0.25, 0.3) is 10.3 Å². The van der Waals surface area contributed by atoms with Gasteiger partial charge in [-0.2, -0.15) is 0 Å². The van der Waals surface area contributed by atoms with Crippen molar-refractivity contribution in [3.05, 3.63) is 0 Å². The van der Waals surface area contributed by atoms with Crippen LogP contribution in [0.3, 0.4) is 0 Å². The summed E-state index contributed by atoms with van der Waals surface area (Å²) in [6.45, 7) is 1.56. The molecule has 0 rings (SSSR count). The van der Waals surface area contributed by atoms with Gasteiger partial charge in [-0.15, -0.1) is 0 Å². The van der Waals surface area contributed by atoms with Gasteiger partial charge in [0.1, 0.15) is 0 Å². The summed E-state index contributed by atoms with van der Waals surface area (Å²) in [7, 11) is 2.86. The zero-order valence-corrected chi connectivity index (χ0v) is 9.78. The van der Waals surface area contributed by atoms with E-state index in [1.807, 2.05) is 0 Å². The van der Waals surface area contributed by atoms with Crippen molar-refractivity contribution in [3.63, 3.8) is 0 Å². The molecule has 0 amide bonds. The highest BCUT2D eigenvalue weighted by atomic mass is 32.1. The van der Waals surface area contributed by atoms with E-state index >= 15 is 0 Å². The minimum atomic E-state index is -1.16. The van der Waals surface area contributed by atoms with Crippen LogP contribution in [-0.4, -0.2) is 35.6 Å². The first-order chi connectivity index (χ1) is 6.27. The SMILES string of the molecule is COC(C)(OC)OC(N)=S.NC(O)=S. The Morgan fingerprint density at radius 2 is 1.50 bits per heavy atom. The summed E-state index contributed by atoms with van der Waals surface area (Å²) in [4.78, 5) is 0. The number of rotatable bonds is 3. The Kier molecular flexibility index (Phi) is 8.65. The molecule has 0 spiro atoms. The van der Waals surface area contributed by atoms with Crippen molar-refractivity contribution in [1.29, 1.82) is 0 Å². The van der Waals surface area contributed by atoms with E-state index in [4.69, 9.17) is 25.1 Å². The van der Waals surface area contributed by atoms with Gasteiger partial charge in [0.15, 0.2) is 0 Å². The van der Waals surface area contributed by atoms with Gasteiger partial charge in [0, 0.05) is 21.1 Å². The molecule has 0 aliphatic rings. The Morgan fingerprint density at radius 3 is 1.57 bits per heavy atom. The summed E-state index contributed by atoms with van der Waals surface area (Å²) >= 11 is 8.34. The molecule has 0 aliphatic carbocycles. The predicted octanol–water partition coefficient (Wildman–Crippen LogP) is 0.00110. The molecule has 0 saturated heterocycles. The third-order valence-electron chi connectivity index (χ3n) is 1.03. The van der Waals surface area contributed by atoms with Gasteiger partial charge < -0.3 is 30.8 Å². The molecular formula is C6H14N2O4S2. The van der Waals surface area contributed by atoms with E-state index in [0.29, 0.717) is 0 Å². The van der Waals surface area contributed by atoms with E-state index in [-0.39, 0.29) is 5.17 Å². The fourth-order valence-electron chi connectivity index (χ4n) is 0.349. The van der Waals surface area contributed by atoms with Crippen LogP contribution in [0, 0.1) is 0 Å². The van der Waals surface area contributed by atoms with Crippen molar-refractivity contribution >= 4 is 34.8 Å². The summed E-state index contributed by atoms with van der Waals surface area (Å²) in [5, 5.41) is 6.96. The number of hydrogen-bond donors (Lipinski definition) is 3. The van der Waals surface area contributed by atoms with E-state index in [1.54, 1.807) is 6.92 Å². The zero-order valence-electron chi connectivity index (χ0n) is 8.14. The van der Waals surface area contributed by atoms with Gasteiger partial charge in [0.2, 0.25) is 0 Å². The molecule has 0 atom stereocenters. The van der Waals surface area contributed by atoms with Crippen molar-refractivity contribution in [2.45, 2.75) is 12.9 Å². The molecule has 0 saturated carbocycles. The van der Waals surface area contributed by atoms with Crippen molar-refractivity contribution in [2.75, 3.05) is 14.2 Å². The monoisotopic (exact) mass is 242 g/mol.